The van der Waals surface area contributed by atoms with Gasteiger partial charge in [0.2, 0.25) is 11.8 Å². The Morgan fingerprint density at radius 1 is 1.00 bits per heavy atom. The quantitative estimate of drug-likeness (QED) is 0.233. The Bertz CT molecular complexity index is 1970. The second-order valence-electron chi connectivity index (χ2n) is 15.2. The maximum atomic E-state index is 13.4. The van der Waals surface area contributed by atoms with Crippen LogP contribution in [0.4, 0.5) is 11.4 Å². The Hall–Kier alpha value is -3.72. The minimum Gasteiger partial charge on any atom is -0.372 e. The first-order valence-electron chi connectivity index (χ1n) is 18.9. The normalized spacial score (nSPS) is 20.8. The van der Waals surface area contributed by atoms with Crippen molar-refractivity contribution in [2.24, 2.45) is 5.41 Å². The van der Waals surface area contributed by atoms with Gasteiger partial charge in [-0.2, -0.15) is 48.2 Å². The molecule has 55 heavy (non-hydrogen) atoms. The fourth-order valence-electron chi connectivity index (χ4n) is 8.56. The van der Waals surface area contributed by atoms with Gasteiger partial charge < -0.3 is 28.0 Å². The third-order valence-electron chi connectivity index (χ3n) is 11.7. The van der Waals surface area contributed by atoms with Gasteiger partial charge in [-0.25, -0.2) is 6.42 Å². The number of fused-ring (bicyclic) bond motifs is 2. The average molecular weight is 769 g/mol. The van der Waals surface area contributed by atoms with Crippen LogP contribution in [0.3, 0.4) is 0 Å². The van der Waals surface area contributed by atoms with Gasteiger partial charge in [-0.1, -0.05) is 23.9 Å². The van der Waals surface area contributed by atoms with Crippen LogP contribution in [0.15, 0.2) is 54.6 Å². The predicted octanol–water partition coefficient (Wildman–Crippen LogP) is 3.80. The first-order chi connectivity index (χ1) is 26.1. The number of hydrogen-bond acceptors (Lipinski definition) is 6. The number of nitrogens with zero attached hydrogens (tertiary/aromatic N) is 5. The monoisotopic (exact) mass is 768 g/mol. The van der Waals surface area contributed by atoms with Gasteiger partial charge in [0.25, 0.3) is 11.8 Å². The van der Waals surface area contributed by atoms with E-state index < -0.39 is 6.04 Å². The molecule has 3 aromatic rings. The van der Waals surface area contributed by atoms with Gasteiger partial charge >= 0.3 is 29.6 Å². The van der Waals surface area contributed by atoms with Crippen molar-refractivity contribution in [3.63, 3.8) is 0 Å². The number of anilines is 1. The number of likely N-dealkylation sites (tertiary alicyclic amines) is 1. The van der Waals surface area contributed by atoms with Crippen LogP contribution in [0.2, 0.25) is 5.02 Å². The molecular formula is C43H46ClN6NaO4-2. The molecule has 1 atom stereocenters. The molecule has 0 radical (unpaired) electrons. The Balaban J connectivity index is 0.000000454. The molecule has 1 unspecified atom stereocenters. The van der Waals surface area contributed by atoms with E-state index in [0.29, 0.717) is 35.3 Å². The van der Waals surface area contributed by atoms with Gasteiger partial charge in [-0.05, 0) is 66.3 Å². The molecule has 0 saturated carbocycles. The van der Waals surface area contributed by atoms with Crippen LogP contribution in [-0.2, 0) is 29.2 Å². The van der Waals surface area contributed by atoms with E-state index in [2.05, 4.69) is 64.5 Å². The summed E-state index contributed by atoms with van der Waals surface area (Å²) >= 11 is 5.58. The van der Waals surface area contributed by atoms with E-state index in [1.165, 1.54) is 16.8 Å². The Morgan fingerprint density at radius 2 is 1.69 bits per heavy atom. The first-order valence-corrected chi connectivity index (χ1v) is 19.3. The maximum Gasteiger partial charge on any atom is 1.00 e. The molecule has 1 N–H and O–H groups in total. The topological polar surface area (TPSA) is 97.6 Å². The average Bonchev–Trinajstić information content (AvgIpc) is 3.74. The summed E-state index contributed by atoms with van der Waals surface area (Å²) in [6.45, 7) is 18.7. The minimum atomic E-state index is -0.589. The molecule has 3 fully saturated rings. The second kappa shape index (κ2) is 17.6. The number of nitrogens with one attached hydrogen (secondary N) is 1. The third-order valence-corrected chi connectivity index (χ3v) is 12.0. The number of benzene rings is 3. The molecule has 0 bridgehead atoms. The van der Waals surface area contributed by atoms with Gasteiger partial charge in [0.1, 0.15) is 11.7 Å². The number of imide groups is 1. The second-order valence-corrected chi connectivity index (χ2v) is 15.6. The third kappa shape index (κ3) is 8.97. The zero-order valence-electron chi connectivity index (χ0n) is 31.8. The summed E-state index contributed by atoms with van der Waals surface area (Å²) in [7, 11) is 0. The number of rotatable bonds is 6. The summed E-state index contributed by atoms with van der Waals surface area (Å²) in [5.74, 6) is -0.668. The standard InChI is InChI=1S/C36H43N5O4.C7H3ClN.Na/c1-3-12-36(2)13-17-38(18-14-36)28-6-4-24(5-7-28)34(44)39-15-10-29(11-16-39)40-21-25-19-27-23-41(31-8-9-32(42)37-33(31)43)35(45)30(27)20-26(25)22-40;1-9-7-5-3-2-4-6(7)8;/h3-7,19-20,29,31H,2,8-18,21-23H2,1H3,(H,37,42,43);3-5H;/q-2;-1;+1. The Morgan fingerprint density at radius 3 is 2.31 bits per heavy atom. The molecule has 0 aromatic heterocycles. The van der Waals surface area contributed by atoms with Gasteiger partial charge in [0.15, 0.2) is 0 Å². The van der Waals surface area contributed by atoms with Crippen LogP contribution in [0.25, 0.3) is 4.85 Å². The Labute approximate surface area is 351 Å². The van der Waals surface area contributed by atoms with Crippen molar-refractivity contribution in [3.8, 4) is 0 Å². The number of piperidine rings is 3. The maximum absolute atomic E-state index is 13.4. The van der Waals surface area contributed by atoms with Crippen LogP contribution < -0.4 is 39.8 Å². The van der Waals surface area contributed by atoms with Crippen molar-refractivity contribution in [2.75, 3.05) is 31.1 Å². The van der Waals surface area contributed by atoms with Crippen molar-refractivity contribution in [2.45, 2.75) is 83.6 Å². The molecule has 10 nitrogen and oxygen atoms in total. The molecule has 12 heteroatoms. The summed E-state index contributed by atoms with van der Waals surface area (Å²) in [6, 6.07) is 19.7. The van der Waals surface area contributed by atoms with Crippen molar-refractivity contribution in [3.05, 3.63) is 118 Å². The predicted molar refractivity (Wildman–Crippen MR) is 207 cm³/mol. The first kappa shape index (κ1) is 40.9. The van der Waals surface area contributed by atoms with Gasteiger partial charge in [0.05, 0.1) is 6.57 Å². The smallest absolute Gasteiger partial charge is 0.372 e. The van der Waals surface area contributed by atoms with Crippen molar-refractivity contribution in [1.82, 2.24) is 20.0 Å². The van der Waals surface area contributed by atoms with Gasteiger partial charge in [-0.15, -0.1) is 0 Å². The van der Waals surface area contributed by atoms with Crippen LogP contribution in [0.5, 0.6) is 0 Å². The van der Waals surface area contributed by atoms with Gasteiger partial charge in [0, 0.05) is 75.1 Å². The molecule has 5 aliphatic rings. The van der Waals surface area contributed by atoms with Gasteiger partial charge in [-0.3, -0.25) is 34.2 Å². The summed E-state index contributed by atoms with van der Waals surface area (Å²) in [4.78, 5) is 62.3. The zero-order chi connectivity index (χ0) is 38.0. The van der Waals surface area contributed by atoms with E-state index >= 15 is 0 Å². The molecular weight excluding hydrogens is 723 g/mol. The van der Waals surface area contributed by atoms with Crippen molar-refractivity contribution >= 4 is 46.6 Å². The van der Waals surface area contributed by atoms with E-state index in [1.54, 1.807) is 23.1 Å². The summed E-state index contributed by atoms with van der Waals surface area (Å²) in [5, 5.41) is 2.84. The van der Waals surface area contributed by atoms with Crippen LogP contribution >= 0.6 is 11.6 Å². The minimum absolute atomic E-state index is 0. The molecule has 3 aromatic carbocycles. The van der Waals surface area contributed by atoms with Crippen LogP contribution in [0.1, 0.15) is 89.3 Å². The van der Waals surface area contributed by atoms with Crippen LogP contribution in [0, 0.1) is 31.4 Å². The number of carbonyl (C=O) groups is 4. The van der Waals surface area contributed by atoms with E-state index in [4.69, 9.17) is 18.2 Å². The van der Waals surface area contributed by atoms with E-state index in [9.17, 15) is 19.2 Å². The SMILES string of the molecule is [C-]#[N+]c1cc[c-]cc1Cl.[CH2-]C1(C[CH-]C)CCN(c2ccc(C(=O)N3CCC(N4Cc5cc6c(cc5C4)C(=O)N(C4CCC(=O)NC4=O)C6)CC3)cc2)CC1.[Na+]. The zero-order valence-corrected chi connectivity index (χ0v) is 34.5. The van der Waals surface area contributed by atoms with E-state index in [-0.39, 0.29) is 65.0 Å². The molecule has 282 valence electrons. The van der Waals surface area contributed by atoms with Crippen LogP contribution in [-0.4, -0.2) is 76.6 Å². The van der Waals surface area contributed by atoms with E-state index in [1.807, 2.05) is 23.1 Å². The number of amides is 4. The number of carbonyl (C=O) groups excluding carboxylic acids is 4. The Kier molecular flexibility index (Phi) is 13.1. The fraction of sp³-hybridized carbons (Fsp3) is 0.419. The summed E-state index contributed by atoms with van der Waals surface area (Å²) in [6.07, 6.45) is 7.94. The largest absolute Gasteiger partial charge is 1.00 e. The molecule has 0 aliphatic carbocycles. The number of hydrogen-bond donors (Lipinski definition) is 1. The summed E-state index contributed by atoms with van der Waals surface area (Å²) < 4.78 is 0. The van der Waals surface area contributed by atoms with Crippen molar-refractivity contribution in [1.29, 1.82) is 0 Å². The van der Waals surface area contributed by atoms with E-state index in [0.717, 1.165) is 82.5 Å². The molecule has 4 amide bonds. The summed E-state index contributed by atoms with van der Waals surface area (Å²) in [5.41, 5.74) is 6.62. The molecule has 8 rings (SSSR count). The molecule has 5 aliphatic heterocycles. The molecule has 0 spiro atoms. The van der Waals surface area contributed by atoms with Crippen molar-refractivity contribution < 1.29 is 48.7 Å². The fourth-order valence-corrected chi connectivity index (χ4v) is 8.73. The number of halogens is 1. The molecule has 3 saturated heterocycles. The molecule has 5 heterocycles.